The minimum absolute atomic E-state index is 0.0263. The summed E-state index contributed by atoms with van der Waals surface area (Å²) < 4.78 is 6.14. The number of nitrogens with zero attached hydrogens (tertiary/aromatic N) is 2. The molecule has 3 aromatic rings. The molecule has 43 heavy (non-hydrogen) atoms. The molecule has 11 heteroatoms. The van der Waals surface area contributed by atoms with Crippen molar-refractivity contribution in [2.75, 3.05) is 6.54 Å². The summed E-state index contributed by atoms with van der Waals surface area (Å²) in [4.78, 5) is 48.6. The monoisotopic (exact) mass is 648 g/mol. The predicted octanol–water partition coefficient (Wildman–Crippen LogP) is 4.25. The van der Waals surface area contributed by atoms with E-state index < -0.39 is 28.9 Å². The lowest BCUT2D eigenvalue weighted by atomic mass is 9.57. The van der Waals surface area contributed by atoms with E-state index in [1.165, 1.54) is 0 Å². The number of carbonyl (C=O) groups excluding carboxylic acids is 3. The number of halogens is 1. The van der Waals surface area contributed by atoms with Gasteiger partial charge in [0.15, 0.2) is 5.96 Å². The van der Waals surface area contributed by atoms with Crippen LogP contribution in [-0.4, -0.2) is 46.9 Å². The molecule has 1 amide bonds. The van der Waals surface area contributed by atoms with Crippen LogP contribution in [-0.2, 0) is 14.3 Å². The van der Waals surface area contributed by atoms with Crippen LogP contribution < -0.4 is 22.5 Å². The van der Waals surface area contributed by atoms with Gasteiger partial charge in [-0.15, -0.1) is 0 Å². The average molecular weight is 650 g/mol. The molecule has 0 spiro atoms. The topological polar surface area (TPSA) is 176 Å². The number of aliphatic imine (C=N–C) groups is 1. The maximum atomic E-state index is 14.1. The molecule has 0 saturated heterocycles. The molecule has 7 N–H and O–H groups in total. The Morgan fingerprint density at radius 1 is 1.05 bits per heavy atom. The van der Waals surface area contributed by atoms with Crippen LogP contribution in [0.2, 0.25) is 0 Å². The van der Waals surface area contributed by atoms with Crippen molar-refractivity contribution in [2.24, 2.45) is 27.6 Å². The molecule has 2 bridgehead atoms. The highest BCUT2D eigenvalue weighted by atomic mass is 79.9. The van der Waals surface area contributed by atoms with Crippen LogP contribution in [0.25, 0.3) is 22.2 Å². The second kappa shape index (κ2) is 12.4. The van der Waals surface area contributed by atoms with E-state index >= 15 is 0 Å². The van der Waals surface area contributed by atoms with Gasteiger partial charge < -0.3 is 27.3 Å². The van der Waals surface area contributed by atoms with Gasteiger partial charge in [-0.3, -0.25) is 14.6 Å². The molecule has 1 heterocycles. The smallest absolute Gasteiger partial charge is 0.330 e. The summed E-state index contributed by atoms with van der Waals surface area (Å²) in [6.45, 7) is 2.28. The maximum absolute atomic E-state index is 14.1. The van der Waals surface area contributed by atoms with Gasteiger partial charge in [-0.05, 0) is 82.1 Å². The zero-order valence-corrected chi connectivity index (χ0v) is 25.8. The fourth-order valence-corrected chi connectivity index (χ4v) is 6.76. The SMILES string of the molecule is Cc1c(-c2ccccc2)nc2ccc(Br)cc2c1C(=O)NC12CCC(C(=O)OC(=O)[C@@H](N)CCCN=C(N)N)(CC1)CC2. The minimum Gasteiger partial charge on any atom is -0.392 e. The second-order valence-electron chi connectivity index (χ2n) is 11.8. The van der Waals surface area contributed by atoms with Gasteiger partial charge in [0.1, 0.15) is 6.04 Å². The van der Waals surface area contributed by atoms with Gasteiger partial charge in [-0.1, -0.05) is 46.3 Å². The van der Waals surface area contributed by atoms with Gasteiger partial charge in [0.05, 0.1) is 22.2 Å². The van der Waals surface area contributed by atoms with Crippen molar-refractivity contribution in [1.29, 1.82) is 0 Å². The van der Waals surface area contributed by atoms with E-state index in [-0.39, 0.29) is 11.9 Å². The molecule has 1 aromatic heterocycles. The van der Waals surface area contributed by atoms with Crippen LogP contribution in [0.3, 0.4) is 0 Å². The lowest BCUT2D eigenvalue weighted by Crippen LogP contribution is -2.58. The lowest BCUT2D eigenvalue weighted by molar-refractivity contribution is -0.173. The largest absolute Gasteiger partial charge is 0.392 e. The quantitative estimate of drug-likeness (QED) is 0.0875. The Balaban J connectivity index is 1.29. The third kappa shape index (κ3) is 6.42. The molecule has 0 unspecified atom stereocenters. The fraction of sp³-hybridized carbons (Fsp3) is 0.406. The molecular formula is C32H37BrN6O4. The third-order valence-corrected chi connectivity index (χ3v) is 9.48. The van der Waals surface area contributed by atoms with Crippen molar-refractivity contribution in [3.8, 4) is 11.3 Å². The highest BCUT2D eigenvalue weighted by molar-refractivity contribution is 9.10. The molecule has 0 aliphatic heterocycles. The fourth-order valence-electron chi connectivity index (χ4n) is 6.40. The Kier molecular flexibility index (Phi) is 8.84. The lowest BCUT2D eigenvalue weighted by Gasteiger charge is -2.52. The van der Waals surface area contributed by atoms with Crippen molar-refractivity contribution in [1.82, 2.24) is 10.3 Å². The number of guanidine groups is 1. The molecule has 3 saturated carbocycles. The highest BCUT2D eigenvalue weighted by Gasteiger charge is 2.54. The number of nitrogens with two attached hydrogens (primary N) is 3. The first kappa shape index (κ1) is 30.6. The van der Waals surface area contributed by atoms with Crippen molar-refractivity contribution in [3.63, 3.8) is 0 Å². The van der Waals surface area contributed by atoms with Crippen LogP contribution in [0.5, 0.6) is 0 Å². The van der Waals surface area contributed by atoms with E-state index in [0.29, 0.717) is 63.5 Å². The molecular weight excluding hydrogens is 612 g/mol. The number of hydrogen-bond donors (Lipinski definition) is 4. The van der Waals surface area contributed by atoms with Gasteiger partial charge in [0.25, 0.3) is 5.91 Å². The molecule has 10 nitrogen and oxygen atoms in total. The Bertz CT molecular complexity index is 1560. The Labute approximate surface area is 259 Å². The van der Waals surface area contributed by atoms with E-state index in [4.69, 9.17) is 26.9 Å². The third-order valence-electron chi connectivity index (χ3n) is 8.99. The number of nitrogens with one attached hydrogen (secondary N) is 1. The summed E-state index contributed by atoms with van der Waals surface area (Å²) >= 11 is 3.55. The normalized spacial score (nSPS) is 21.7. The summed E-state index contributed by atoms with van der Waals surface area (Å²) in [6.07, 6.45) is 4.21. The van der Waals surface area contributed by atoms with E-state index in [1.54, 1.807) is 0 Å². The molecule has 0 radical (unpaired) electrons. The van der Waals surface area contributed by atoms with Gasteiger partial charge in [0.2, 0.25) is 0 Å². The van der Waals surface area contributed by atoms with Gasteiger partial charge in [-0.25, -0.2) is 9.78 Å². The first-order valence-corrected chi connectivity index (χ1v) is 15.4. The van der Waals surface area contributed by atoms with Gasteiger partial charge in [-0.2, -0.15) is 0 Å². The van der Waals surface area contributed by atoms with Crippen molar-refractivity contribution in [3.05, 3.63) is 64.1 Å². The number of benzene rings is 2. The minimum atomic E-state index is -0.931. The van der Waals surface area contributed by atoms with Crippen LogP contribution in [0.4, 0.5) is 0 Å². The molecule has 1 atom stereocenters. The Hall–Kier alpha value is -3.83. The number of fused-ring (bicyclic) bond motifs is 4. The first-order valence-electron chi connectivity index (χ1n) is 14.6. The molecule has 6 rings (SSSR count). The zero-order chi connectivity index (χ0) is 30.8. The van der Waals surface area contributed by atoms with E-state index in [2.05, 4.69) is 26.2 Å². The van der Waals surface area contributed by atoms with E-state index in [0.717, 1.165) is 32.2 Å². The highest BCUT2D eigenvalue weighted by Crippen LogP contribution is 2.53. The molecule has 2 aromatic carbocycles. The number of esters is 2. The second-order valence-corrected chi connectivity index (χ2v) is 12.7. The Morgan fingerprint density at radius 2 is 1.72 bits per heavy atom. The number of aromatic nitrogens is 1. The first-order chi connectivity index (χ1) is 20.5. The summed E-state index contributed by atoms with van der Waals surface area (Å²) in [5.41, 5.74) is 19.3. The van der Waals surface area contributed by atoms with E-state index in [9.17, 15) is 14.4 Å². The van der Waals surface area contributed by atoms with Crippen LogP contribution in [0, 0.1) is 12.3 Å². The number of rotatable bonds is 9. The van der Waals surface area contributed by atoms with Crippen molar-refractivity contribution >= 4 is 50.6 Å². The van der Waals surface area contributed by atoms with Crippen molar-refractivity contribution in [2.45, 2.75) is 69.9 Å². The van der Waals surface area contributed by atoms with Crippen LogP contribution >= 0.6 is 15.9 Å². The molecule has 3 aliphatic rings. The number of carbonyl (C=O) groups is 3. The van der Waals surface area contributed by atoms with Gasteiger partial charge >= 0.3 is 11.9 Å². The number of amides is 1. The maximum Gasteiger partial charge on any atom is 0.330 e. The van der Waals surface area contributed by atoms with Gasteiger partial charge in [0, 0.05) is 27.5 Å². The standard InChI is InChI=1S/C32H37BrN6O4/c1-19-25(22-18-21(33)9-10-24(22)38-26(19)20-6-3-2-4-7-20)27(40)39-32-14-11-31(12-15-32,13-16-32)29(42)43-28(41)23(34)8-5-17-37-30(35)36/h2-4,6-7,9-10,18,23H,5,8,11-17,34H2,1H3,(H,39,40)(H4,35,36,37)/t23-,31?,32?/m0/s1. The molecule has 3 aliphatic carbocycles. The number of hydrogen-bond acceptors (Lipinski definition) is 7. The Morgan fingerprint density at radius 3 is 2.37 bits per heavy atom. The zero-order valence-electron chi connectivity index (χ0n) is 24.2. The molecule has 3 fully saturated rings. The van der Waals surface area contributed by atoms with E-state index in [1.807, 2.05) is 55.5 Å². The summed E-state index contributed by atoms with van der Waals surface area (Å²) in [6, 6.07) is 14.7. The summed E-state index contributed by atoms with van der Waals surface area (Å²) in [5.74, 6) is -1.44. The average Bonchev–Trinajstić information content (AvgIpc) is 2.99. The summed E-state index contributed by atoms with van der Waals surface area (Å²) in [5, 5.41) is 4.15. The van der Waals surface area contributed by atoms with Crippen molar-refractivity contribution < 1.29 is 19.1 Å². The number of ether oxygens (including phenoxy) is 1. The number of pyridine rings is 1. The van der Waals surface area contributed by atoms with Crippen LogP contribution in [0.1, 0.15) is 67.3 Å². The summed E-state index contributed by atoms with van der Waals surface area (Å²) in [7, 11) is 0. The molecule has 226 valence electrons. The van der Waals surface area contributed by atoms with Crippen LogP contribution in [0.15, 0.2) is 58.0 Å². The predicted molar refractivity (Wildman–Crippen MR) is 169 cm³/mol.